The minimum absolute atomic E-state index is 0.0598. The summed E-state index contributed by atoms with van der Waals surface area (Å²) in [7, 11) is 0. The Morgan fingerprint density at radius 2 is 2.04 bits per heavy atom. The molecule has 2 aliphatic rings. The van der Waals surface area contributed by atoms with Gasteiger partial charge in [-0.1, -0.05) is 19.1 Å². The van der Waals surface area contributed by atoms with Crippen LogP contribution in [0.4, 0.5) is 0 Å². The van der Waals surface area contributed by atoms with Crippen LogP contribution in [0.15, 0.2) is 23.8 Å². The fraction of sp³-hybridized carbons (Fsp3) is 0.773. The van der Waals surface area contributed by atoms with Crippen LogP contribution in [0.5, 0.6) is 0 Å². The fourth-order valence-electron chi connectivity index (χ4n) is 4.79. The zero-order chi connectivity index (χ0) is 20.4. The van der Waals surface area contributed by atoms with E-state index in [1.807, 2.05) is 19.9 Å². The van der Waals surface area contributed by atoms with Crippen molar-refractivity contribution in [3.8, 4) is 0 Å². The summed E-state index contributed by atoms with van der Waals surface area (Å²) in [4.78, 5) is 16.0. The molecule has 1 unspecified atom stereocenters. The van der Waals surface area contributed by atoms with Gasteiger partial charge in [0.25, 0.3) is 0 Å². The number of ether oxygens (including phenoxy) is 1. The van der Waals surface area contributed by atoms with Crippen molar-refractivity contribution in [2.75, 3.05) is 0 Å². The molecule has 6 atom stereocenters. The van der Waals surface area contributed by atoms with Crippen LogP contribution in [0, 0.1) is 17.3 Å². The summed E-state index contributed by atoms with van der Waals surface area (Å²) >= 11 is 0. The Kier molecular flexibility index (Phi) is 6.93. The van der Waals surface area contributed by atoms with Crippen LogP contribution in [0.25, 0.3) is 0 Å². The lowest BCUT2D eigenvalue weighted by molar-refractivity contribution is -0.270. The van der Waals surface area contributed by atoms with Gasteiger partial charge in [-0.2, -0.15) is 0 Å². The molecule has 2 rings (SSSR count). The minimum Gasteiger partial charge on any atom is -0.458 e. The molecule has 0 aromatic rings. The number of fused-ring (bicyclic) bond motifs is 1. The first-order valence-electron chi connectivity index (χ1n) is 10.0. The zero-order valence-corrected chi connectivity index (χ0v) is 17.5. The number of allylic oxidation sites excluding steroid dienone is 1. The first kappa shape index (κ1) is 22.1. The van der Waals surface area contributed by atoms with Gasteiger partial charge in [0.05, 0.1) is 5.60 Å². The first-order chi connectivity index (χ1) is 12.5. The van der Waals surface area contributed by atoms with Crippen molar-refractivity contribution >= 4 is 5.97 Å². The molecule has 0 spiro atoms. The van der Waals surface area contributed by atoms with Crippen LogP contribution in [0.3, 0.4) is 0 Å². The molecule has 0 aromatic carbocycles. The third kappa shape index (κ3) is 5.66. The van der Waals surface area contributed by atoms with Crippen LogP contribution >= 0.6 is 0 Å². The smallest absolute Gasteiger partial charge is 0.303 e. The van der Waals surface area contributed by atoms with E-state index in [1.54, 1.807) is 0 Å². The van der Waals surface area contributed by atoms with Gasteiger partial charge < -0.3 is 9.84 Å². The number of aliphatic hydroxyl groups is 1. The summed E-state index contributed by atoms with van der Waals surface area (Å²) in [6.45, 7) is 13.4. The highest BCUT2D eigenvalue weighted by Gasteiger charge is 2.57. The normalized spacial score (nSPS) is 39.5. The number of rotatable bonds is 6. The maximum absolute atomic E-state index is 11.4. The Labute approximate surface area is 163 Å². The Hall–Kier alpha value is -1.17. The van der Waals surface area contributed by atoms with Crippen LogP contribution in [0.1, 0.15) is 73.1 Å². The zero-order valence-electron chi connectivity index (χ0n) is 17.5. The number of hydrogen-bond donors (Lipinski definition) is 2. The van der Waals surface area contributed by atoms with Gasteiger partial charge in [-0.15, -0.1) is 0 Å². The van der Waals surface area contributed by atoms with Gasteiger partial charge in [-0.05, 0) is 81.8 Å². The fourth-order valence-corrected chi connectivity index (χ4v) is 4.79. The first-order valence-corrected chi connectivity index (χ1v) is 10.0. The van der Waals surface area contributed by atoms with E-state index >= 15 is 0 Å². The third-order valence-corrected chi connectivity index (χ3v) is 6.63. The standard InChI is InChI=1S/C22H36O5/c1-14(2)20(27-25)8-10-21(5)9-7-15(3)11-17(26-16(4)23)13-22(6,24)19-12-18(19)21/h11,17-20,24-25H,1,7-10,12-13H2,2-6H3/b15-11+/t17-,18-,19-,20?,21+,22-/m0/s1. The van der Waals surface area contributed by atoms with Gasteiger partial charge >= 0.3 is 5.97 Å². The maximum Gasteiger partial charge on any atom is 0.303 e. The summed E-state index contributed by atoms with van der Waals surface area (Å²) in [5, 5.41) is 20.3. The Balaban J connectivity index is 2.20. The molecule has 1 saturated carbocycles. The lowest BCUT2D eigenvalue weighted by Gasteiger charge is -2.36. The molecule has 2 N–H and O–H groups in total. The second kappa shape index (κ2) is 8.46. The number of esters is 1. The molecular weight excluding hydrogens is 344 g/mol. The Morgan fingerprint density at radius 1 is 1.37 bits per heavy atom. The summed E-state index contributed by atoms with van der Waals surface area (Å²) in [6, 6.07) is 0. The summed E-state index contributed by atoms with van der Waals surface area (Å²) in [5.41, 5.74) is 1.18. The molecule has 154 valence electrons. The highest BCUT2D eigenvalue weighted by atomic mass is 17.1. The van der Waals surface area contributed by atoms with Gasteiger partial charge in [0, 0.05) is 13.3 Å². The highest BCUT2D eigenvalue weighted by molar-refractivity contribution is 5.66. The van der Waals surface area contributed by atoms with Gasteiger partial charge in [0.15, 0.2) is 0 Å². The average molecular weight is 381 g/mol. The van der Waals surface area contributed by atoms with Crippen molar-refractivity contribution in [3.63, 3.8) is 0 Å². The van der Waals surface area contributed by atoms with Crippen LogP contribution in [-0.4, -0.2) is 34.1 Å². The van der Waals surface area contributed by atoms with Crippen LogP contribution < -0.4 is 0 Å². The monoisotopic (exact) mass is 380 g/mol. The van der Waals surface area contributed by atoms with E-state index in [1.165, 1.54) is 12.5 Å². The minimum atomic E-state index is -0.874. The summed E-state index contributed by atoms with van der Waals surface area (Å²) in [5.74, 6) is 0.301. The lowest BCUT2D eigenvalue weighted by atomic mass is 9.72. The quantitative estimate of drug-likeness (QED) is 0.303. The predicted octanol–water partition coefficient (Wildman–Crippen LogP) is 4.66. The molecule has 0 amide bonds. The van der Waals surface area contributed by atoms with E-state index in [9.17, 15) is 9.90 Å². The van der Waals surface area contributed by atoms with Crippen LogP contribution in [0.2, 0.25) is 0 Å². The molecule has 5 heteroatoms. The molecule has 0 radical (unpaired) electrons. The van der Waals surface area contributed by atoms with Crippen molar-refractivity contribution < 1.29 is 24.8 Å². The second-order valence-corrected chi connectivity index (χ2v) is 9.30. The number of carbonyl (C=O) groups excluding carboxylic acids is 1. The summed E-state index contributed by atoms with van der Waals surface area (Å²) < 4.78 is 5.44. The Morgan fingerprint density at radius 3 is 2.59 bits per heavy atom. The molecule has 5 nitrogen and oxygen atoms in total. The second-order valence-electron chi connectivity index (χ2n) is 9.30. The number of hydrogen-bond acceptors (Lipinski definition) is 5. The third-order valence-electron chi connectivity index (χ3n) is 6.63. The molecule has 0 bridgehead atoms. The van der Waals surface area contributed by atoms with Gasteiger partial charge in [0.1, 0.15) is 12.2 Å². The molecule has 27 heavy (non-hydrogen) atoms. The van der Waals surface area contributed by atoms with Crippen molar-refractivity contribution in [1.29, 1.82) is 0 Å². The SMILES string of the molecule is C=C(C)C(CC[C@@]1(C)CC/C(C)=C/[C@H](OC(C)=O)C[C@](C)(O)[C@H]2C[C@@H]21)OO. The highest BCUT2D eigenvalue weighted by Crippen LogP contribution is 2.60. The lowest BCUT2D eigenvalue weighted by Crippen LogP contribution is -2.37. The molecule has 0 heterocycles. The van der Waals surface area contributed by atoms with Crippen molar-refractivity contribution in [2.24, 2.45) is 17.3 Å². The van der Waals surface area contributed by atoms with E-state index in [0.29, 0.717) is 18.8 Å². The van der Waals surface area contributed by atoms with E-state index in [4.69, 9.17) is 9.99 Å². The predicted molar refractivity (Wildman–Crippen MR) is 105 cm³/mol. The van der Waals surface area contributed by atoms with Gasteiger partial charge in [-0.3, -0.25) is 10.1 Å². The van der Waals surface area contributed by atoms with Crippen molar-refractivity contribution in [2.45, 2.75) is 91.0 Å². The molecule has 0 saturated heterocycles. The number of carbonyl (C=O) groups is 1. The van der Waals surface area contributed by atoms with E-state index in [2.05, 4.69) is 25.3 Å². The van der Waals surface area contributed by atoms with Crippen molar-refractivity contribution in [3.05, 3.63) is 23.8 Å². The van der Waals surface area contributed by atoms with Gasteiger partial charge in [-0.25, -0.2) is 4.89 Å². The summed E-state index contributed by atoms with van der Waals surface area (Å²) in [6.07, 6.45) is 6.22. The topological polar surface area (TPSA) is 76.0 Å². The maximum atomic E-state index is 11.4. The van der Waals surface area contributed by atoms with Crippen molar-refractivity contribution in [1.82, 2.24) is 0 Å². The molecule has 0 aromatic heterocycles. The average Bonchev–Trinajstić information content (AvgIpc) is 3.33. The molecule has 0 aliphatic heterocycles. The van der Waals surface area contributed by atoms with Gasteiger partial charge in [0.2, 0.25) is 0 Å². The van der Waals surface area contributed by atoms with E-state index in [0.717, 1.165) is 31.3 Å². The Bertz CT molecular complexity index is 594. The molecule has 2 aliphatic carbocycles. The van der Waals surface area contributed by atoms with Crippen LogP contribution in [-0.2, 0) is 14.4 Å². The largest absolute Gasteiger partial charge is 0.458 e. The van der Waals surface area contributed by atoms with E-state index < -0.39 is 5.60 Å². The molecule has 1 fully saturated rings. The van der Waals surface area contributed by atoms with E-state index in [-0.39, 0.29) is 29.5 Å². The molecular formula is C22H36O5.